The van der Waals surface area contributed by atoms with Crippen LogP contribution in [0.25, 0.3) is 0 Å². The largest absolute Gasteiger partial charge is 0.497 e. The molecule has 0 fully saturated rings. The van der Waals surface area contributed by atoms with Crippen molar-refractivity contribution in [3.63, 3.8) is 0 Å². The summed E-state index contributed by atoms with van der Waals surface area (Å²) < 4.78 is 10.9. The van der Waals surface area contributed by atoms with Gasteiger partial charge in [-0.25, -0.2) is 0 Å². The normalized spacial score (nSPS) is 12.5. The molecule has 6 nitrogen and oxygen atoms in total. The van der Waals surface area contributed by atoms with Crippen LogP contribution in [-0.4, -0.2) is 42.5 Å². The molecule has 31 heavy (non-hydrogen) atoms. The van der Waals surface area contributed by atoms with Crippen LogP contribution in [0.5, 0.6) is 11.5 Å². The van der Waals surface area contributed by atoms with Crippen molar-refractivity contribution in [2.75, 3.05) is 13.7 Å². The molecule has 0 saturated heterocycles. The van der Waals surface area contributed by atoms with Crippen molar-refractivity contribution in [2.45, 2.75) is 59.2 Å². The molecule has 0 unspecified atom stereocenters. The fraction of sp³-hybridized carbons (Fsp3) is 0.440. The molecule has 2 aromatic carbocycles. The molecule has 2 atom stereocenters. The molecule has 2 aromatic rings. The van der Waals surface area contributed by atoms with Gasteiger partial charge in [-0.2, -0.15) is 0 Å². The fourth-order valence-corrected chi connectivity index (χ4v) is 3.27. The van der Waals surface area contributed by atoms with Gasteiger partial charge in [-0.1, -0.05) is 43.7 Å². The summed E-state index contributed by atoms with van der Waals surface area (Å²) in [5.41, 5.74) is 2.09. The molecule has 0 aliphatic heterocycles. The first-order chi connectivity index (χ1) is 14.9. The number of ether oxygens (including phenoxy) is 2. The highest BCUT2D eigenvalue weighted by Crippen LogP contribution is 2.18. The maximum Gasteiger partial charge on any atom is 0.261 e. The van der Waals surface area contributed by atoms with Crippen molar-refractivity contribution in [3.05, 3.63) is 59.7 Å². The van der Waals surface area contributed by atoms with Crippen LogP contribution < -0.4 is 14.8 Å². The number of rotatable bonds is 11. The summed E-state index contributed by atoms with van der Waals surface area (Å²) in [5, 5.41) is 3.01. The van der Waals surface area contributed by atoms with E-state index in [1.807, 2.05) is 52.0 Å². The van der Waals surface area contributed by atoms with E-state index in [0.717, 1.165) is 17.5 Å². The number of benzene rings is 2. The van der Waals surface area contributed by atoms with E-state index in [4.69, 9.17) is 9.47 Å². The molecule has 0 aliphatic carbocycles. The Kier molecular flexibility index (Phi) is 9.38. The van der Waals surface area contributed by atoms with Gasteiger partial charge < -0.3 is 19.7 Å². The van der Waals surface area contributed by atoms with E-state index >= 15 is 0 Å². The van der Waals surface area contributed by atoms with Crippen molar-refractivity contribution >= 4 is 11.8 Å². The number of hydrogen-bond donors (Lipinski definition) is 1. The predicted octanol–water partition coefficient (Wildman–Crippen LogP) is 4.10. The number of nitrogens with zero attached hydrogens (tertiary/aromatic N) is 1. The highest BCUT2D eigenvalue weighted by atomic mass is 16.5. The second-order valence-corrected chi connectivity index (χ2v) is 7.72. The smallest absolute Gasteiger partial charge is 0.261 e. The first-order valence-electron chi connectivity index (χ1n) is 10.8. The summed E-state index contributed by atoms with van der Waals surface area (Å²) in [4.78, 5) is 27.7. The average molecular weight is 427 g/mol. The van der Waals surface area contributed by atoms with Crippen LogP contribution in [0.2, 0.25) is 0 Å². The standard InChI is InChI=1S/C25H34N2O4/c1-6-19(4)26-25(29)23(7-2)27(16-20-10-8-9-18(3)15-20)24(28)17-31-22-13-11-21(30-5)12-14-22/h8-15,19,23H,6-7,16-17H2,1-5H3,(H,26,29)/t19-,23+/m0/s1. The Balaban J connectivity index is 2.19. The first kappa shape index (κ1) is 24.3. The van der Waals surface area contributed by atoms with Crippen LogP contribution >= 0.6 is 0 Å². The van der Waals surface area contributed by atoms with Gasteiger partial charge in [0.25, 0.3) is 5.91 Å². The highest BCUT2D eigenvalue weighted by Gasteiger charge is 2.29. The maximum absolute atomic E-state index is 13.2. The Morgan fingerprint density at radius 2 is 1.71 bits per heavy atom. The number of carbonyl (C=O) groups excluding carboxylic acids is 2. The summed E-state index contributed by atoms with van der Waals surface area (Å²) in [6, 6.07) is 14.5. The van der Waals surface area contributed by atoms with Crippen molar-refractivity contribution in [2.24, 2.45) is 0 Å². The molecule has 0 radical (unpaired) electrons. The lowest BCUT2D eigenvalue weighted by molar-refractivity contribution is -0.143. The third-order valence-corrected chi connectivity index (χ3v) is 5.24. The average Bonchev–Trinajstić information content (AvgIpc) is 2.77. The molecule has 0 aromatic heterocycles. The first-order valence-corrected chi connectivity index (χ1v) is 10.8. The highest BCUT2D eigenvalue weighted by molar-refractivity contribution is 5.88. The minimum Gasteiger partial charge on any atom is -0.497 e. The van der Waals surface area contributed by atoms with Crippen LogP contribution in [-0.2, 0) is 16.1 Å². The summed E-state index contributed by atoms with van der Waals surface area (Å²) in [5.74, 6) is 0.917. The number of amides is 2. The van der Waals surface area contributed by atoms with Gasteiger partial charge in [0, 0.05) is 12.6 Å². The van der Waals surface area contributed by atoms with Gasteiger partial charge in [-0.3, -0.25) is 9.59 Å². The molecule has 6 heteroatoms. The Hall–Kier alpha value is -3.02. The topological polar surface area (TPSA) is 67.9 Å². The molecule has 1 N–H and O–H groups in total. The quantitative estimate of drug-likeness (QED) is 0.587. The monoisotopic (exact) mass is 426 g/mol. The van der Waals surface area contributed by atoms with Crippen molar-refractivity contribution in [1.29, 1.82) is 0 Å². The molecule has 0 heterocycles. The number of aryl methyl sites for hydroxylation is 1. The second kappa shape index (κ2) is 12.0. The number of hydrogen-bond acceptors (Lipinski definition) is 4. The maximum atomic E-state index is 13.2. The number of methoxy groups -OCH3 is 1. The molecule has 2 rings (SSSR count). The van der Waals surface area contributed by atoms with Crippen molar-refractivity contribution in [3.8, 4) is 11.5 Å². The van der Waals surface area contributed by atoms with Crippen molar-refractivity contribution < 1.29 is 19.1 Å². The lowest BCUT2D eigenvalue weighted by Crippen LogP contribution is -2.51. The van der Waals surface area contributed by atoms with Crippen molar-refractivity contribution in [1.82, 2.24) is 10.2 Å². The van der Waals surface area contributed by atoms with Crippen LogP contribution in [0.3, 0.4) is 0 Å². The lowest BCUT2D eigenvalue weighted by atomic mass is 10.1. The van der Waals surface area contributed by atoms with Crippen LogP contribution in [0.1, 0.15) is 44.7 Å². The lowest BCUT2D eigenvalue weighted by Gasteiger charge is -2.31. The van der Waals surface area contributed by atoms with E-state index in [1.54, 1.807) is 36.3 Å². The fourth-order valence-electron chi connectivity index (χ4n) is 3.27. The zero-order valence-corrected chi connectivity index (χ0v) is 19.2. The SMILES string of the molecule is CC[C@H](C(=O)N[C@@H](C)CC)N(Cc1cccc(C)c1)C(=O)COc1ccc(OC)cc1. The molecular weight excluding hydrogens is 392 g/mol. The molecule has 0 bridgehead atoms. The Labute approximate surface area is 185 Å². The summed E-state index contributed by atoms with van der Waals surface area (Å²) in [6.07, 6.45) is 1.34. The van der Waals surface area contributed by atoms with Crippen LogP contribution in [0.15, 0.2) is 48.5 Å². The Morgan fingerprint density at radius 1 is 1.03 bits per heavy atom. The summed E-state index contributed by atoms with van der Waals surface area (Å²) >= 11 is 0. The van der Waals surface area contributed by atoms with Crippen LogP contribution in [0.4, 0.5) is 0 Å². The van der Waals surface area contributed by atoms with Gasteiger partial charge in [-0.15, -0.1) is 0 Å². The number of nitrogens with one attached hydrogen (secondary N) is 1. The Morgan fingerprint density at radius 3 is 2.29 bits per heavy atom. The summed E-state index contributed by atoms with van der Waals surface area (Å²) in [6.45, 7) is 8.11. The number of carbonyl (C=O) groups is 2. The van der Waals surface area contributed by atoms with Gasteiger partial charge >= 0.3 is 0 Å². The Bertz CT molecular complexity index is 851. The predicted molar refractivity (Wildman–Crippen MR) is 122 cm³/mol. The molecule has 0 saturated carbocycles. The summed E-state index contributed by atoms with van der Waals surface area (Å²) in [7, 11) is 1.60. The van der Waals surface area contributed by atoms with Gasteiger partial charge in [0.1, 0.15) is 17.5 Å². The van der Waals surface area contributed by atoms with Gasteiger partial charge in [0.05, 0.1) is 7.11 Å². The molecule has 168 valence electrons. The molecule has 0 aliphatic rings. The third-order valence-electron chi connectivity index (χ3n) is 5.24. The van der Waals surface area contributed by atoms with Gasteiger partial charge in [0.2, 0.25) is 5.91 Å². The van der Waals surface area contributed by atoms with E-state index in [-0.39, 0.29) is 24.5 Å². The van der Waals surface area contributed by atoms with E-state index < -0.39 is 6.04 Å². The third kappa shape index (κ3) is 7.31. The zero-order valence-electron chi connectivity index (χ0n) is 19.2. The minimum atomic E-state index is -0.568. The van der Waals surface area contributed by atoms with E-state index in [9.17, 15) is 9.59 Å². The van der Waals surface area contributed by atoms with Gasteiger partial charge in [-0.05, 0) is 56.5 Å². The van der Waals surface area contributed by atoms with Gasteiger partial charge in [0.15, 0.2) is 6.61 Å². The van der Waals surface area contributed by atoms with Crippen LogP contribution in [0, 0.1) is 6.92 Å². The molecule has 2 amide bonds. The van der Waals surface area contributed by atoms with E-state index in [1.165, 1.54) is 0 Å². The zero-order chi connectivity index (χ0) is 22.8. The van der Waals surface area contributed by atoms with E-state index in [0.29, 0.717) is 24.5 Å². The minimum absolute atomic E-state index is 0.0491. The van der Waals surface area contributed by atoms with E-state index in [2.05, 4.69) is 5.32 Å². The second-order valence-electron chi connectivity index (χ2n) is 7.72. The molecule has 0 spiro atoms. The molecular formula is C25H34N2O4.